The number of nitrogens with zero attached hydrogens (tertiary/aromatic N) is 1. The number of benzene rings is 2. The quantitative estimate of drug-likeness (QED) is 0.242. The fraction of sp³-hybridized carbons (Fsp3) is 0.355. The van der Waals surface area contributed by atoms with E-state index < -0.39 is 28.6 Å². The van der Waals surface area contributed by atoms with E-state index in [4.69, 9.17) is 4.42 Å². The molecule has 0 radical (unpaired) electrons. The minimum absolute atomic E-state index is 0.0193. The van der Waals surface area contributed by atoms with Gasteiger partial charge in [0, 0.05) is 5.56 Å². The highest BCUT2D eigenvalue weighted by molar-refractivity contribution is 6.46. The molecule has 1 fully saturated rings. The van der Waals surface area contributed by atoms with E-state index in [1.807, 2.05) is 72.7 Å². The van der Waals surface area contributed by atoms with E-state index >= 15 is 0 Å². The van der Waals surface area contributed by atoms with Crippen molar-refractivity contribution >= 4 is 17.4 Å². The number of aliphatic hydroxyl groups excluding tert-OH is 1. The second-order valence-electron chi connectivity index (χ2n) is 11.8. The minimum Gasteiger partial charge on any atom is -0.507 e. The molecule has 0 spiro atoms. The van der Waals surface area contributed by atoms with E-state index in [1.165, 1.54) is 11.2 Å². The third kappa shape index (κ3) is 4.93. The molecule has 1 amide bonds. The summed E-state index contributed by atoms with van der Waals surface area (Å²) < 4.78 is 5.51. The highest BCUT2D eigenvalue weighted by atomic mass is 16.3. The van der Waals surface area contributed by atoms with Crippen molar-refractivity contribution in [2.75, 3.05) is 0 Å². The molecule has 4 rings (SSSR count). The molecule has 37 heavy (non-hydrogen) atoms. The summed E-state index contributed by atoms with van der Waals surface area (Å²) in [5.41, 5.74) is 2.70. The molecule has 1 aliphatic heterocycles. The van der Waals surface area contributed by atoms with Gasteiger partial charge >= 0.3 is 0 Å². The molecule has 1 unspecified atom stereocenters. The molecule has 2 aromatic carbocycles. The molecule has 0 saturated carbocycles. The maximum absolute atomic E-state index is 13.5. The van der Waals surface area contributed by atoms with Gasteiger partial charge in [-0.3, -0.25) is 9.59 Å². The lowest BCUT2D eigenvalue weighted by molar-refractivity contribution is -0.140. The first-order valence-corrected chi connectivity index (χ1v) is 12.5. The first kappa shape index (κ1) is 26.3. The van der Waals surface area contributed by atoms with E-state index in [2.05, 4.69) is 0 Å². The van der Waals surface area contributed by atoms with Gasteiger partial charge < -0.3 is 19.5 Å². The summed E-state index contributed by atoms with van der Waals surface area (Å²) in [7, 11) is 0. The van der Waals surface area contributed by atoms with Gasteiger partial charge in [-0.05, 0) is 58.7 Å². The molecule has 2 N–H and O–H groups in total. The number of amides is 1. The van der Waals surface area contributed by atoms with Gasteiger partial charge in [-0.1, -0.05) is 71.4 Å². The van der Waals surface area contributed by atoms with Crippen LogP contribution in [-0.2, 0) is 27.0 Å². The van der Waals surface area contributed by atoms with Crippen LogP contribution in [0.15, 0.2) is 64.8 Å². The van der Waals surface area contributed by atoms with Gasteiger partial charge in [0.25, 0.3) is 11.7 Å². The van der Waals surface area contributed by atoms with E-state index in [-0.39, 0.29) is 23.6 Å². The molecule has 1 saturated heterocycles. The van der Waals surface area contributed by atoms with Gasteiger partial charge in [-0.25, -0.2) is 0 Å². The Morgan fingerprint density at radius 3 is 2.00 bits per heavy atom. The third-order valence-electron chi connectivity index (χ3n) is 6.84. The Hall–Kier alpha value is -3.80. The smallest absolute Gasteiger partial charge is 0.296 e. The number of Topliss-reactive ketones (excluding diaryl/α,β-unsaturated/α-hetero) is 1. The molecule has 1 aliphatic rings. The number of aliphatic hydroxyl groups is 1. The zero-order valence-corrected chi connectivity index (χ0v) is 22.5. The zero-order chi connectivity index (χ0) is 27.3. The van der Waals surface area contributed by atoms with Crippen LogP contribution >= 0.6 is 0 Å². The number of phenolic OH excluding ortho intramolecular Hbond substituents is 1. The fourth-order valence-corrected chi connectivity index (χ4v) is 4.79. The van der Waals surface area contributed by atoms with Crippen LogP contribution in [0.5, 0.6) is 5.75 Å². The van der Waals surface area contributed by atoms with Crippen LogP contribution in [0.3, 0.4) is 0 Å². The third-order valence-corrected chi connectivity index (χ3v) is 6.84. The number of hydrogen-bond acceptors (Lipinski definition) is 5. The number of ketones is 1. The Labute approximate surface area is 218 Å². The van der Waals surface area contributed by atoms with Crippen molar-refractivity contribution < 1.29 is 24.2 Å². The van der Waals surface area contributed by atoms with Crippen molar-refractivity contribution in [3.8, 4) is 5.75 Å². The van der Waals surface area contributed by atoms with Crippen LogP contribution in [0.4, 0.5) is 0 Å². The Bertz CT molecular complexity index is 1330. The van der Waals surface area contributed by atoms with Crippen molar-refractivity contribution in [3.05, 3.63) is 93.9 Å². The van der Waals surface area contributed by atoms with E-state index in [9.17, 15) is 19.8 Å². The summed E-state index contributed by atoms with van der Waals surface area (Å²) in [6, 6.07) is 13.5. The van der Waals surface area contributed by atoms with Crippen LogP contribution in [-0.4, -0.2) is 26.8 Å². The van der Waals surface area contributed by atoms with Gasteiger partial charge in [0.05, 0.1) is 24.4 Å². The number of likely N-dealkylation sites (tertiary alicyclic amines) is 1. The van der Waals surface area contributed by atoms with Crippen molar-refractivity contribution in [2.24, 2.45) is 0 Å². The number of phenols is 1. The normalized spacial score (nSPS) is 18.0. The average Bonchev–Trinajstić information content (AvgIpc) is 3.40. The molecule has 0 aliphatic carbocycles. The number of furan rings is 1. The Morgan fingerprint density at radius 1 is 0.946 bits per heavy atom. The van der Waals surface area contributed by atoms with Crippen LogP contribution in [0.1, 0.15) is 81.2 Å². The minimum atomic E-state index is -0.866. The first-order valence-electron chi connectivity index (χ1n) is 12.5. The second kappa shape index (κ2) is 9.25. The summed E-state index contributed by atoms with van der Waals surface area (Å²) in [6.45, 7) is 14.0. The predicted molar refractivity (Wildman–Crippen MR) is 143 cm³/mol. The first-order chi connectivity index (χ1) is 17.2. The number of carbonyl (C=O) groups is 2. The average molecular weight is 502 g/mol. The highest BCUT2D eigenvalue weighted by Gasteiger charge is 2.47. The number of carbonyl (C=O) groups excluding carboxylic acids is 2. The number of hydrogen-bond donors (Lipinski definition) is 2. The van der Waals surface area contributed by atoms with Crippen molar-refractivity contribution in [1.29, 1.82) is 0 Å². The Balaban J connectivity index is 2.02. The summed E-state index contributed by atoms with van der Waals surface area (Å²) >= 11 is 0. The second-order valence-corrected chi connectivity index (χ2v) is 11.8. The lowest BCUT2D eigenvalue weighted by Gasteiger charge is -2.31. The number of aromatic hydroxyl groups is 1. The predicted octanol–water partition coefficient (Wildman–Crippen LogP) is 6.51. The molecule has 1 aromatic heterocycles. The van der Waals surface area contributed by atoms with E-state index in [0.29, 0.717) is 28.0 Å². The van der Waals surface area contributed by atoms with E-state index in [1.54, 1.807) is 24.3 Å². The molecule has 1 atom stereocenters. The lowest BCUT2D eigenvalue weighted by atomic mass is 9.77. The largest absolute Gasteiger partial charge is 0.507 e. The summed E-state index contributed by atoms with van der Waals surface area (Å²) in [4.78, 5) is 28.3. The molecule has 2 heterocycles. The maximum Gasteiger partial charge on any atom is 0.296 e. The number of aryl methyl sites for hydroxylation is 1. The summed E-state index contributed by atoms with van der Waals surface area (Å²) in [5, 5.41) is 22.7. The van der Waals surface area contributed by atoms with Gasteiger partial charge in [0.1, 0.15) is 17.3 Å². The van der Waals surface area contributed by atoms with Gasteiger partial charge in [0.15, 0.2) is 0 Å². The number of rotatable bonds is 4. The monoisotopic (exact) mass is 501 g/mol. The van der Waals surface area contributed by atoms with Crippen molar-refractivity contribution in [2.45, 2.75) is 71.9 Å². The fourth-order valence-electron chi connectivity index (χ4n) is 4.79. The Morgan fingerprint density at radius 2 is 1.51 bits per heavy atom. The highest BCUT2D eigenvalue weighted by Crippen LogP contribution is 2.46. The van der Waals surface area contributed by atoms with Crippen LogP contribution < -0.4 is 0 Å². The Kier molecular flexibility index (Phi) is 6.57. The molecule has 6 heteroatoms. The standard InChI is InChI=1S/C31H35NO5/c1-18-10-12-19(13-11-18)26(33)24-25(32(29(36)28(24)35)17-21-9-8-14-37-21)20-15-22(30(2,3)4)27(34)23(16-20)31(5,6)7/h8-16,25,33-34H,17H2,1-7H3. The van der Waals surface area contributed by atoms with Crippen LogP contribution in [0.2, 0.25) is 0 Å². The van der Waals surface area contributed by atoms with Gasteiger partial charge in [-0.2, -0.15) is 0 Å². The molecular formula is C31H35NO5. The van der Waals surface area contributed by atoms with Crippen LogP contribution in [0, 0.1) is 6.92 Å². The molecule has 3 aromatic rings. The van der Waals surface area contributed by atoms with Crippen molar-refractivity contribution in [1.82, 2.24) is 4.90 Å². The summed E-state index contributed by atoms with van der Waals surface area (Å²) in [5.74, 6) is -0.971. The van der Waals surface area contributed by atoms with E-state index in [0.717, 1.165) is 5.56 Å². The van der Waals surface area contributed by atoms with Crippen LogP contribution in [0.25, 0.3) is 5.76 Å². The molecular weight excluding hydrogens is 466 g/mol. The SMILES string of the molecule is Cc1ccc(C(O)=C2C(=O)C(=O)N(Cc3ccco3)C2c2cc(C(C)(C)C)c(O)c(C(C)(C)C)c2)cc1. The molecule has 6 nitrogen and oxygen atoms in total. The molecule has 194 valence electrons. The van der Waals surface area contributed by atoms with Gasteiger partial charge in [0.2, 0.25) is 0 Å². The zero-order valence-electron chi connectivity index (χ0n) is 22.5. The topological polar surface area (TPSA) is 91.0 Å². The summed E-state index contributed by atoms with van der Waals surface area (Å²) in [6.07, 6.45) is 1.52. The van der Waals surface area contributed by atoms with Gasteiger partial charge in [-0.15, -0.1) is 0 Å². The maximum atomic E-state index is 13.5. The lowest BCUT2D eigenvalue weighted by Crippen LogP contribution is -2.29. The molecule has 0 bridgehead atoms. The van der Waals surface area contributed by atoms with Crippen molar-refractivity contribution in [3.63, 3.8) is 0 Å².